The summed E-state index contributed by atoms with van der Waals surface area (Å²) in [4.78, 5) is 3.67. The minimum Gasteiger partial charge on any atom is -0.236 e. The fourth-order valence-corrected chi connectivity index (χ4v) is 1.47. The van der Waals surface area contributed by atoms with Gasteiger partial charge in [-0.05, 0) is 11.6 Å². The lowest BCUT2D eigenvalue weighted by atomic mass is 10.2. The van der Waals surface area contributed by atoms with E-state index in [1.807, 2.05) is 0 Å². The number of fused-ring (bicyclic) bond motifs is 1. The molecular formula is C8H5ClF3N3. The van der Waals surface area contributed by atoms with E-state index in [1.54, 1.807) is 0 Å². The Morgan fingerprint density at radius 1 is 1.40 bits per heavy atom. The summed E-state index contributed by atoms with van der Waals surface area (Å²) in [5, 5.41) is 3.88. The van der Waals surface area contributed by atoms with E-state index in [0.29, 0.717) is 5.52 Å². The molecule has 0 radical (unpaired) electrons. The quantitative estimate of drug-likeness (QED) is 0.760. The molecule has 2 aromatic rings. The fourth-order valence-electron chi connectivity index (χ4n) is 1.28. The van der Waals surface area contributed by atoms with Crippen LogP contribution in [-0.2, 0) is 6.42 Å². The molecule has 0 atom stereocenters. The number of halogens is 4. The van der Waals surface area contributed by atoms with E-state index in [2.05, 4.69) is 10.1 Å². The molecule has 0 spiro atoms. The van der Waals surface area contributed by atoms with Crippen molar-refractivity contribution in [2.45, 2.75) is 12.6 Å². The van der Waals surface area contributed by atoms with Crippen LogP contribution < -0.4 is 0 Å². The predicted octanol–water partition coefficient (Wildman–Crippen LogP) is 2.49. The second kappa shape index (κ2) is 3.37. The van der Waals surface area contributed by atoms with Crippen LogP contribution in [0.2, 0.25) is 5.15 Å². The van der Waals surface area contributed by atoms with E-state index >= 15 is 0 Å². The van der Waals surface area contributed by atoms with Crippen LogP contribution in [0.15, 0.2) is 18.6 Å². The maximum atomic E-state index is 12.1. The van der Waals surface area contributed by atoms with Crippen molar-refractivity contribution < 1.29 is 13.2 Å². The standard InChI is InChI=1S/C8H5ClF3N3/c9-7-6-1-5(2-8(10,11)12)3-15(6)14-4-13-7/h1,3-4H,2H2. The van der Waals surface area contributed by atoms with Gasteiger partial charge in [0.15, 0.2) is 5.15 Å². The second-order valence-electron chi connectivity index (χ2n) is 3.02. The van der Waals surface area contributed by atoms with E-state index < -0.39 is 12.6 Å². The monoisotopic (exact) mass is 235 g/mol. The molecule has 0 unspecified atom stereocenters. The summed E-state index contributed by atoms with van der Waals surface area (Å²) >= 11 is 5.69. The number of alkyl halides is 3. The van der Waals surface area contributed by atoms with Gasteiger partial charge >= 0.3 is 6.18 Å². The molecule has 0 N–H and O–H groups in total. The zero-order chi connectivity index (χ0) is 11.1. The molecule has 0 fully saturated rings. The SMILES string of the molecule is FC(F)(F)Cc1cc2c(Cl)ncnn2c1. The van der Waals surface area contributed by atoms with Gasteiger partial charge in [-0.15, -0.1) is 0 Å². The van der Waals surface area contributed by atoms with E-state index in [4.69, 9.17) is 11.6 Å². The number of nitrogens with zero attached hydrogens (tertiary/aromatic N) is 3. The minimum absolute atomic E-state index is 0.116. The van der Waals surface area contributed by atoms with Crippen molar-refractivity contribution in [1.82, 2.24) is 14.6 Å². The first kappa shape index (κ1) is 10.2. The summed E-state index contributed by atoms with van der Waals surface area (Å²) in [7, 11) is 0. The maximum absolute atomic E-state index is 12.1. The Hall–Kier alpha value is -1.30. The molecule has 0 amide bonds. The summed E-state index contributed by atoms with van der Waals surface area (Å²) in [6, 6.07) is 1.33. The van der Waals surface area contributed by atoms with Crippen molar-refractivity contribution >= 4 is 17.1 Å². The molecule has 2 aromatic heterocycles. The third kappa shape index (κ3) is 2.20. The van der Waals surface area contributed by atoms with Gasteiger partial charge < -0.3 is 0 Å². The molecule has 0 saturated carbocycles. The molecule has 0 saturated heterocycles. The summed E-state index contributed by atoms with van der Waals surface area (Å²) in [5.74, 6) is 0. The highest BCUT2D eigenvalue weighted by atomic mass is 35.5. The van der Waals surface area contributed by atoms with Crippen molar-refractivity contribution in [3.05, 3.63) is 29.3 Å². The van der Waals surface area contributed by atoms with Gasteiger partial charge in [0.1, 0.15) is 11.8 Å². The van der Waals surface area contributed by atoms with Crippen molar-refractivity contribution in [2.75, 3.05) is 0 Å². The molecule has 2 heterocycles. The average Bonchev–Trinajstić information content (AvgIpc) is 2.45. The van der Waals surface area contributed by atoms with Gasteiger partial charge in [-0.25, -0.2) is 9.50 Å². The third-order valence-corrected chi connectivity index (χ3v) is 2.11. The Balaban J connectivity index is 2.44. The Kier molecular flexibility index (Phi) is 2.30. The third-order valence-electron chi connectivity index (χ3n) is 1.82. The van der Waals surface area contributed by atoms with Crippen molar-refractivity contribution in [3.63, 3.8) is 0 Å². The number of aromatic nitrogens is 3. The Morgan fingerprint density at radius 2 is 2.13 bits per heavy atom. The molecule has 0 aliphatic carbocycles. The number of rotatable bonds is 1. The number of hydrogen-bond acceptors (Lipinski definition) is 2. The first-order valence-electron chi connectivity index (χ1n) is 4.00. The summed E-state index contributed by atoms with van der Waals surface area (Å²) in [5.41, 5.74) is 0.489. The van der Waals surface area contributed by atoms with Gasteiger partial charge in [0, 0.05) is 6.20 Å². The topological polar surface area (TPSA) is 30.2 Å². The highest BCUT2D eigenvalue weighted by Crippen LogP contribution is 2.24. The van der Waals surface area contributed by atoms with Gasteiger partial charge in [-0.3, -0.25) is 0 Å². The molecule has 80 valence electrons. The lowest BCUT2D eigenvalue weighted by Gasteiger charge is -2.02. The summed E-state index contributed by atoms with van der Waals surface area (Å²) in [6.07, 6.45) is -2.75. The fraction of sp³-hybridized carbons (Fsp3) is 0.250. The summed E-state index contributed by atoms with van der Waals surface area (Å²) < 4.78 is 37.6. The van der Waals surface area contributed by atoms with E-state index in [9.17, 15) is 13.2 Å². The molecule has 3 nitrogen and oxygen atoms in total. The van der Waals surface area contributed by atoms with Gasteiger partial charge in [0.2, 0.25) is 0 Å². The summed E-state index contributed by atoms with van der Waals surface area (Å²) in [6.45, 7) is 0. The number of hydrogen-bond donors (Lipinski definition) is 0. The van der Waals surface area contributed by atoms with Crippen LogP contribution in [0, 0.1) is 0 Å². The van der Waals surface area contributed by atoms with Gasteiger partial charge in [-0.1, -0.05) is 11.6 Å². The Morgan fingerprint density at radius 3 is 2.73 bits per heavy atom. The zero-order valence-electron chi connectivity index (χ0n) is 7.29. The average molecular weight is 236 g/mol. The van der Waals surface area contributed by atoms with Crippen LogP contribution in [-0.4, -0.2) is 20.8 Å². The first-order valence-corrected chi connectivity index (χ1v) is 4.38. The Bertz CT molecular complexity index is 491. The van der Waals surface area contributed by atoms with E-state index in [1.165, 1.54) is 23.1 Å². The van der Waals surface area contributed by atoms with Crippen molar-refractivity contribution in [1.29, 1.82) is 0 Å². The van der Waals surface area contributed by atoms with Crippen LogP contribution in [0.5, 0.6) is 0 Å². The molecule has 2 rings (SSSR count). The zero-order valence-corrected chi connectivity index (χ0v) is 8.05. The molecule has 15 heavy (non-hydrogen) atoms. The van der Waals surface area contributed by atoms with Gasteiger partial charge in [0.05, 0.1) is 6.42 Å². The molecule has 0 aliphatic rings. The smallest absolute Gasteiger partial charge is 0.236 e. The van der Waals surface area contributed by atoms with Crippen molar-refractivity contribution in [3.8, 4) is 0 Å². The lowest BCUT2D eigenvalue weighted by molar-refractivity contribution is -0.127. The van der Waals surface area contributed by atoms with Crippen LogP contribution in [0.4, 0.5) is 13.2 Å². The lowest BCUT2D eigenvalue weighted by Crippen LogP contribution is -2.10. The van der Waals surface area contributed by atoms with Crippen LogP contribution >= 0.6 is 11.6 Å². The van der Waals surface area contributed by atoms with Crippen LogP contribution in [0.1, 0.15) is 5.56 Å². The molecule has 0 aliphatic heterocycles. The van der Waals surface area contributed by atoms with Crippen molar-refractivity contribution in [2.24, 2.45) is 0 Å². The first-order chi connectivity index (χ1) is 6.96. The molecular weight excluding hydrogens is 231 g/mol. The highest BCUT2D eigenvalue weighted by molar-refractivity contribution is 6.32. The Labute approximate surface area is 87.5 Å². The predicted molar refractivity (Wildman–Crippen MR) is 47.8 cm³/mol. The largest absolute Gasteiger partial charge is 0.393 e. The normalized spacial score (nSPS) is 12.3. The molecule has 7 heteroatoms. The highest BCUT2D eigenvalue weighted by Gasteiger charge is 2.28. The van der Waals surface area contributed by atoms with Crippen LogP contribution in [0.3, 0.4) is 0 Å². The maximum Gasteiger partial charge on any atom is 0.393 e. The second-order valence-corrected chi connectivity index (χ2v) is 3.38. The van der Waals surface area contributed by atoms with Gasteiger partial charge in [-0.2, -0.15) is 18.3 Å². The molecule has 0 bridgehead atoms. The van der Waals surface area contributed by atoms with Crippen LogP contribution in [0.25, 0.3) is 5.52 Å². The van der Waals surface area contributed by atoms with E-state index in [0.717, 1.165) is 0 Å². The molecule has 0 aromatic carbocycles. The van der Waals surface area contributed by atoms with E-state index in [-0.39, 0.29) is 10.7 Å². The minimum atomic E-state index is -4.23. The van der Waals surface area contributed by atoms with Gasteiger partial charge in [0.25, 0.3) is 0 Å².